The van der Waals surface area contributed by atoms with Gasteiger partial charge in [0.15, 0.2) is 5.76 Å². The molecular weight excluding hydrogens is 342 g/mol. The highest BCUT2D eigenvalue weighted by atomic mass is 32.2. The summed E-state index contributed by atoms with van der Waals surface area (Å²) in [6.07, 6.45) is 0.201. The molecule has 0 saturated carbocycles. The predicted molar refractivity (Wildman–Crippen MR) is 81.4 cm³/mol. The Kier molecular flexibility index (Phi) is 6.49. The molecule has 0 saturated heterocycles. The number of sulfonamides is 1. The molecule has 0 spiro atoms. The van der Waals surface area contributed by atoms with Gasteiger partial charge in [0.1, 0.15) is 6.04 Å². The van der Waals surface area contributed by atoms with E-state index in [9.17, 15) is 22.8 Å². The molecule has 1 aromatic heterocycles. The minimum Gasteiger partial charge on any atom is -0.480 e. The van der Waals surface area contributed by atoms with E-state index in [1.807, 2.05) is 4.72 Å². The number of primary amides is 1. The third-order valence-corrected chi connectivity index (χ3v) is 4.09. The van der Waals surface area contributed by atoms with Crippen LogP contribution in [-0.4, -0.2) is 43.9 Å². The zero-order valence-electron chi connectivity index (χ0n) is 13.1. The smallest absolute Gasteiger partial charge is 0.326 e. The largest absolute Gasteiger partial charge is 0.480 e. The van der Waals surface area contributed by atoms with Crippen LogP contribution in [0.2, 0.25) is 0 Å². The van der Waals surface area contributed by atoms with Crippen molar-refractivity contribution in [1.29, 1.82) is 0 Å². The van der Waals surface area contributed by atoms with Crippen LogP contribution in [0.25, 0.3) is 0 Å². The van der Waals surface area contributed by atoms with E-state index in [2.05, 4.69) is 5.32 Å². The van der Waals surface area contributed by atoms with E-state index in [0.717, 1.165) is 12.1 Å². The first kappa shape index (κ1) is 19.6. The second kappa shape index (κ2) is 7.93. The molecule has 10 nitrogen and oxygen atoms in total. The number of furan rings is 1. The van der Waals surface area contributed by atoms with Crippen molar-refractivity contribution in [2.24, 2.45) is 11.7 Å². The number of nitrogens with two attached hydrogens (primary N) is 1. The summed E-state index contributed by atoms with van der Waals surface area (Å²) in [5, 5.41) is 10.7. The Balaban J connectivity index is 2.85. The monoisotopic (exact) mass is 361 g/mol. The summed E-state index contributed by atoms with van der Waals surface area (Å²) in [5.74, 6) is -3.30. The minimum absolute atomic E-state index is 0.0249. The average molecular weight is 361 g/mol. The Hall–Kier alpha value is -2.40. The standard InChI is InChI=1S/C13H19N3O7S/c1-7(2)5-8(13(19)20)16-12(18)9-3-4-11(23-9)24(21,22)15-6-10(14)17/h3-4,7-8,15H,5-6H2,1-2H3,(H2,14,17)(H,16,18)(H,19,20). The fraction of sp³-hybridized carbons (Fsp3) is 0.462. The number of nitrogens with one attached hydrogen (secondary N) is 2. The second-order valence-electron chi connectivity index (χ2n) is 5.40. The second-order valence-corrected chi connectivity index (χ2v) is 7.10. The summed E-state index contributed by atoms with van der Waals surface area (Å²) in [6.45, 7) is 2.97. The van der Waals surface area contributed by atoms with Crippen LogP contribution >= 0.6 is 0 Å². The van der Waals surface area contributed by atoms with Crippen molar-refractivity contribution < 1.29 is 32.3 Å². The first-order valence-electron chi connectivity index (χ1n) is 6.94. The minimum atomic E-state index is -4.15. The van der Waals surface area contributed by atoms with Crippen molar-refractivity contribution in [1.82, 2.24) is 10.0 Å². The number of aliphatic carboxylic acids is 1. The lowest BCUT2D eigenvalue weighted by atomic mass is 10.0. The third kappa shape index (κ3) is 5.66. The van der Waals surface area contributed by atoms with Crippen molar-refractivity contribution >= 4 is 27.8 Å². The van der Waals surface area contributed by atoms with Crippen LogP contribution in [0.15, 0.2) is 21.6 Å². The summed E-state index contributed by atoms with van der Waals surface area (Å²) >= 11 is 0. The van der Waals surface area contributed by atoms with E-state index < -0.39 is 45.5 Å². The molecule has 1 aromatic rings. The first-order chi connectivity index (χ1) is 11.0. The van der Waals surface area contributed by atoms with Gasteiger partial charge in [0.25, 0.3) is 15.9 Å². The maximum Gasteiger partial charge on any atom is 0.326 e. The van der Waals surface area contributed by atoms with Gasteiger partial charge in [-0.1, -0.05) is 13.8 Å². The highest BCUT2D eigenvalue weighted by molar-refractivity contribution is 7.89. The zero-order valence-corrected chi connectivity index (χ0v) is 13.9. The van der Waals surface area contributed by atoms with Crippen LogP contribution in [0.5, 0.6) is 0 Å². The van der Waals surface area contributed by atoms with Crippen molar-refractivity contribution in [2.45, 2.75) is 31.4 Å². The van der Waals surface area contributed by atoms with Crippen molar-refractivity contribution in [3.8, 4) is 0 Å². The van der Waals surface area contributed by atoms with Crippen molar-refractivity contribution in [2.75, 3.05) is 6.54 Å². The van der Waals surface area contributed by atoms with Crippen molar-refractivity contribution in [3.05, 3.63) is 17.9 Å². The summed E-state index contributed by atoms with van der Waals surface area (Å²) in [4.78, 5) is 33.7. The predicted octanol–water partition coefficient (Wildman–Crippen LogP) is -0.728. The SMILES string of the molecule is CC(C)CC(NC(=O)c1ccc(S(=O)(=O)NCC(N)=O)o1)C(=O)O. The molecule has 0 aliphatic carbocycles. The van der Waals surface area contributed by atoms with Gasteiger partial charge in [0, 0.05) is 0 Å². The molecule has 24 heavy (non-hydrogen) atoms. The Morgan fingerprint density at radius 1 is 1.29 bits per heavy atom. The van der Waals surface area contributed by atoms with E-state index in [1.54, 1.807) is 13.8 Å². The fourth-order valence-corrected chi connectivity index (χ4v) is 2.67. The van der Waals surface area contributed by atoms with Gasteiger partial charge in [0.05, 0.1) is 6.54 Å². The molecule has 0 bridgehead atoms. The van der Waals surface area contributed by atoms with Crippen LogP contribution in [0.1, 0.15) is 30.8 Å². The van der Waals surface area contributed by atoms with Gasteiger partial charge in [0.2, 0.25) is 11.0 Å². The Labute approximate surface area is 138 Å². The molecular formula is C13H19N3O7S. The molecule has 11 heteroatoms. The molecule has 0 aliphatic heterocycles. The van der Waals surface area contributed by atoms with E-state index in [1.165, 1.54) is 0 Å². The number of rotatable bonds is 9. The van der Waals surface area contributed by atoms with E-state index in [0.29, 0.717) is 0 Å². The molecule has 0 radical (unpaired) electrons. The third-order valence-electron chi connectivity index (χ3n) is 2.82. The van der Waals surface area contributed by atoms with Crippen molar-refractivity contribution in [3.63, 3.8) is 0 Å². The van der Waals surface area contributed by atoms with Crippen LogP contribution in [-0.2, 0) is 19.6 Å². The Bertz CT molecular complexity index is 724. The summed E-state index contributed by atoms with van der Waals surface area (Å²) < 4.78 is 30.4. The van der Waals surface area contributed by atoms with Gasteiger partial charge >= 0.3 is 5.97 Å². The summed E-state index contributed by atoms with van der Waals surface area (Å²) in [7, 11) is -4.15. The Morgan fingerprint density at radius 3 is 2.42 bits per heavy atom. The van der Waals surface area contributed by atoms with Crippen LogP contribution in [0.4, 0.5) is 0 Å². The molecule has 1 atom stereocenters. The first-order valence-corrected chi connectivity index (χ1v) is 8.42. The molecule has 0 aliphatic rings. The van der Waals surface area contributed by atoms with E-state index in [4.69, 9.17) is 15.3 Å². The fourth-order valence-electron chi connectivity index (χ4n) is 1.75. The Morgan fingerprint density at radius 2 is 1.92 bits per heavy atom. The van der Waals surface area contributed by atoms with Crippen LogP contribution < -0.4 is 15.8 Å². The molecule has 0 aromatic carbocycles. The van der Waals surface area contributed by atoms with Gasteiger partial charge in [-0.15, -0.1) is 0 Å². The molecule has 1 heterocycles. The number of carbonyl (C=O) groups is 3. The maximum absolute atomic E-state index is 12.0. The topological polar surface area (TPSA) is 169 Å². The lowest BCUT2D eigenvalue weighted by Crippen LogP contribution is -2.41. The zero-order chi connectivity index (χ0) is 18.5. The molecule has 2 amide bonds. The van der Waals surface area contributed by atoms with Gasteiger partial charge in [-0.2, -0.15) is 4.72 Å². The van der Waals surface area contributed by atoms with Crippen LogP contribution in [0.3, 0.4) is 0 Å². The molecule has 5 N–H and O–H groups in total. The maximum atomic E-state index is 12.0. The number of carboxylic acids is 1. The van der Waals surface area contributed by atoms with Gasteiger partial charge in [-0.3, -0.25) is 9.59 Å². The molecule has 0 fully saturated rings. The molecule has 1 unspecified atom stereocenters. The lowest BCUT2D eigenvalue weighted by Gasteiger charge is -2.15. The highest BCUT2D eigenvalue weighted by Gasteiger charge is 2.25. The molecule has 134 valence electrons. The van der Waals surface area contributed by atoms with E-state index in [-0.39, 0.29) is 18.1 Å². The number of hydrogen-bond donors (Lipinski definition) is 4. The quantitative estimate of drug-likeness (QED) is 0.449. The van der Waals surface area contributed by atoms with Gasteiger partial charge in [-0.05, 0) is 24.5 Å². The molecule has 1 rings (SSSR count). The number of hydrogen-bond acceptors (Lipinski definition) is 6. The van der Waals surface area contributed by atoms with E-state index >= 15 is 0 Å². The number of amides is 2. The summed E-state index contributed by atoms with van der Waals surface area (Å²) in [5.41, 5.74) is 4.84. The number of carbonyl (C=O) groups excluding carboxylic acids is 2. The van der Waals surface area contributed by atoms with Crippen LogP contribution in [0, 0.1) is 5.92 Å². The highest BCUT2D eigenvalue weighted by Crippen LogP contribution is 2.14. The van der Waals surface area contributed by atoms with Gasteiger partial charge < -0.3 is 20.6 Å². The average Bonchev–Trinajstić information content (AvgIpc) is 2.94. The van der Waals surface area contributed by atoms with Gasteiger partial charge in [-0.25, -0.2) is 13.2 Å². The number of carboxylic acid groups (broad SMARTS) is 1. The summed E-state index contributed by atoms with van der Waals surface area (Å²) in [6, 6.07) is 0.967. The normalized spacial score (nSPS) is 12.8. The lowest BCUT2D eigenvalue weighted by molar-refractivity contribution is -0.139.